The number of benzene rings is 7. The van der Waals surface area contributed by atoms with Crippen LogP contribution in [0.5, 0.6) is 0 Å². The van der Waals surface area contributed by atoms with Gasteiger partial charge in [-0.05, 0) is 87.6 Å². The van der Waals surface area contributed by atoms with E-state index in [0.29, 0.717) is 0 Å². The largest absolute Gasteiger partial charge is 0.310 e. The molecule has 0 aliphatic heterocycles. The second kappa shape index (κ2) is 9.70. The monoisotopic (exact) mass is 576 g/mol. The lowest BCUT2D eigenvalue weighted by Gasteiger charge is -2.26. The highest BCUT2D eigenvalue weighted by Crippen LogP contribution is 2.52. The molecule has 1 aliphatic carbocycles. The molecule has 1 aliphatic rings. The fraction of sp³-hybridized carbons (Fsp3) is 0.0698. The summed E-state index contributed by atoms with van der Waals surface area (Å²) in [5, 5.41) is 5.07. The molecule has 0 amide bonds. The summed E-state index contributed by atoms with van der Waals surface area (Å²) >= 11 is 0. The molecule has 45 heavy (non-hydrogen) atoms. The third kappa shape index (κ3) is 3.82. The van der Waals surface area contributed by atoms with E-state index >= 15 is 0 Å². The van der Waals surface area contributed by atoms with Crippen molar-refractivity contribution in [2.75, 3.05) is 4.90 Å². The van der Waals surface area contributed by atoms with Crippen molar-refractivity contribution in [3.63, 3.8) is 0 Å². The maximum absolute atomic E-state index is 2.40. The Labute approximate surface area is 263 Å². The van der Waals surface area contributed by atoms with Crippen LogP contribution in [-0.4, -0.2) is 4.57 Å². The number of anilines is 3. The van der Waals surface area contributed by atoms with Gasteiger partial charge in [0.05, 0.1) is 11.0 Å². The molecule has 9 rings (SSSR count). The number of para-hydroxylation sites is 3. The summed E-state index contributed by atoms with van der Waals surface area (Å²) in [5.74, 6) is 0. The molecule has 2 nitrogen and oxygen atoms in total. The molecule has 0 atom stereocenters. The zero-order chi connectivity index (χ0) is 30.1. The summed E-state index contributed by atoms with van der Waals surface area (Å²) < 4.78 is 2.39. The van der Waals surface area contributed by atoms with Crippen LogP contribution in [0.3, 0.4) is 0 Å². The number of rotatable bonds is 4. The third-order valence-electron chi connectivity index (χ3n) is 9.75. The van der Waals surface area contributed by atoms with Crippen molar-refractivity contribution in [3.8, 4) is 16.8 Å². The second-order valence-corrected chi connectivity index (χ2v) is 12.6. The zero-order valence-corrected chi connectivity index (χ0v) is 25.4. The Balaban J connectivity index is 1.31. The molecule has 0 radical (unpaired) electrons. The molecule has 0 bridgehead atoms. The molecule has 1 heterocycles. The first-order valence-electron chi connectivity index (χ1n) is 15.7. The normalized spacial score (nSPS) is 13.3. The van der Waals surface area contributed by atoms with Gasteiger partial charge >= 0.3 is 0 Å². The van der Waals surface area contributed by atoms with Crippen molar-refractivity contribution in [1.29, 1.82) is 0 Å². The third-order valence-corrected chi connectivity index (χ3v) is 9.75. The van der Waals surface area contributed by atoms with Gasteiger partial charge in [0.25, 0.3) is 0 Å². The van der Waals surface area contributed by atoms with E-state index in [9.17, 15) is 0 Å². The van der Waals surface area contributed by atoms with E-state index in [2.05, 4.69) is 181 Å². The Morgan fingerprint density at radius 3 is 1.96 bits per heavy atom. The topological polar surface area (TPSA) is 8.17 Å². The average Bonchev–Trinajstić information content (AvgIpc) is 3.54. The van der Waals surface area contributed by atoms with Crippen LogP contribution in [0.1, 0.15) is 25.0 Å². The van der Waals surface area contributed by atoms with Crippen LogP contribution in [0.4, 0.5) is 17.1 Å². The maximum Gasteiger partial charge on any atom is 0.0561 e. The fourth-order valence-electron chi connectivity index (χ4n) is 7.63. The van der Waals surface area contributed by atoms with Gasteiger partial charge in [0.15, 0.2) is 0 Å². The highest BCUT2D eigenvalue weighted by molar-refractivity contribution is 6.10. The van der Waals surface area contributed by atoms with E-state index in [1.165, 1.54) is 54.8 Å². The number of aromatic nitrogens is 1. The van der Waals surface area contributed by atoms with Crippen LogP contribution >= 0.6 is 0 Å². The lowest BCUT2D eigenvalue weighted by molar-refractivity contribution is 0.661. The van der Waals surface area contributed by atoms with E-state index in [-0.39, 0.29) is 5.41 Å². The Morgan fingerprint density at radius 2 is 1.11 bits per heavy atom. The molecule has 1 aromatic heterocycles. The predicted octanol–water partition coefficient (Wildman–Crippen LogP) is 11.7. The Bertz CT molecular complexity index is 2400. The number of nitrogens with zero attached hydrogens (tertiary/aromatic N) is 2. The maximum atomic E-state index is 2.40. The van der Waals surface area contributed by atoms with Crippen molar-refractivity contribution in [2.45, 2.75) is 19.3 Å². The highest BCUT2D eigenvalue weighted by Gasteiger charge is 2.36. The minimum atomic E-state index is -0.0366. The van der Waals surface area contributed by atoms with Crippen molar-refractivity contribution in [3.05, 3.63) is 169 Å². The van der Waals surface area contributed by atoms with Crippen LogP contribution in [0, 0.1) is 0 Å². The predicted molar refractivity (Wildman–Crippen MR) is 191 cm³/mol. The number of fused-ring (bicyclic) bond motifs is 8. The molecule has 0 saturated heterocycles. The summed E-state index contributed by atoms with van der Waals surface area (Å²) in [6.45, 7) is 4.70. The Morgan fingerprint density at radius 1 is 0.467 bits per heavy atom. The first-order valence-corrected chi connectivity index (χ1v) is 15.7. The lowest BCUT2D eigenvalue weighted by atomic mass is 9.82. The average molecular weight is 577 g/mol. The smallest absolute Gasteiger partial charge is 0.0561 e. The highest BCUT2D eigenvalue weighted by atomic mass is 15.1. The summed E-state index contributed by atoms with van der Waals surface area (Å²) in [7, 11) is 0. The summed E-state index contributed by atoms with van der Waals surface area (Å²) in [4.78, 5) is 2.40. The SMILES string of the molecule is CC1(C)c2ccccc2-c2c1ccc1ccc(N(c3ccccc3)c3ccc4c5ccccc5n(-c5ccccc5)c4c3)cc21. The van der Waals surface area contributed by atoms with Crippen molar-refractivity contribution in [2.24, 2.45) is 0 Å². The zero-order valence-electron chi connectivity index (χ0n) is 25.4. The first-order chi connectivity index (χ1) is 22.1. The minimum absolute atomic E-state index is 0.0366. The second-order valence-electron chi connectivity index (χ2n) is 12.6. The van der Waals surface area contributed by atoms with Crippen LogP contribution in [0.2, 0.25) is 0 Å². The van der Waals surface area contributed by atoms with E-state index in [0.717, 1.165) is 22.7 Å². The quantitative estimate of drug-likeness (QED) is 0.202. The van der Waals surface area contributed by atoms with Crippen molar-refractivity contribution < 1.29 is 0 Å². The Kier molecular flexibility index (Phi) is 5.58. The summed E-state index contributed by atoms with van der Waals surface area (Å²) in [6.07, 6.45) is 0. The molecule has 8 aromatic rings. The molecule has 0 N–H and O–H groups in total. The molecule has 2 heteroatoms. The van der Waals surface area contributed by atoms with Crippen LogP contribution < -0.4 is 4.90 Å². The first kappa shape index (κ1) is 25.9. The van der Waals surface area contributed by atoms with Gasteiger partial charge in [0.2, 0.25) is 0 Å². The molecule has 214 valence electrons. The number of hydrogen-bond donors (Lipinski definition) is 0. The Hall–Kier alpha value is -5.60. The molecular formula is C43H32N2. The van der Waals surface area contributed by atoms with Crippen LogP contribution in [0.25, 0.3) is 49.4 Å². The van der Waals surface area contributed by atoms with Gasteiger partial charge < -0.3 is 9.47 Å². The summed E-state index contributed by atoms with van der Waals surface area (Å²) in [5.41, 5.74) is 12.4. The van der Waals surface area contributed by atoms with Gasteiger partial charge in [-0.1, -0.05) is 117 Å². The molecule has 0 saturated carbocycles. The van der Waals surface area contributed by atoms with Gasteiger partial charge in [0.1, 0.15) is 0 Å². The number of hydrogen-bond acceptors (Lipinski definition) is 1. The van der Waals surface area contributed by atoms with Crippen molar-refractivity contribution >= 4 is 49.6 Å². The lowest BCUT2D eigenvalue weighted by Crippen LogP contribution is -2.14. The van der Waals surface area contributed by atoms with Crippen LogP contribution in [0.15, 0.2) is 158 Å². The van der Waals surface area contributed by atoms with Gasteiger partial charge in [-0.3, -0.25) is 0 Å². The van der Waals surface area contributed by atoms with E-state index in [4.69, 9.17) is 0 Å². The van der Waals surface area contributed by atoms with Gasteiger partial charge in [0, 0.05) is 38.9 Å². The fourth-order valence-corrected chi connectivity index (χ4v) is 7.63. The molecule has 0 unspecified atom stereocenters. The minimum Gasteiger partial charge on any atom is -0.310 e. The molecular weight excluding hydrogens is 544 g/mol. The van der Waals surface area contributed by atoms with Gasteiger partial charge in [-0.15, -0.1) is 0 Å². The molecule has 0 fully saturated rings. The van der Waals surface area contributed by atoms with Crippen molar-refractivity contribution in [1.82, 2.24) is 4.57 Å². The molecule has 0 spiro atoms. The van der Waals surface area contributed by atoms with E-state index in [1.807, 2.05) is 0 Å². The standard InChI is InChI=1S/C43H32N2/c1-43(2)38-19-11-9-18-36(38)42-37-27-32(23-21-29(37)22-26-39(42)43)44(30-13-5-3-6-14-30)33-24-25-35-34-17-10-12-20-40(34)45(41(35)28-33)31-15-7-4-8-16-31/h3-28H,1-2H3. The van der Waals surface area contributed by atoms with Gasteiger partial charge in [-0.25, -0.2) is 0 Å². The summed E-state index contributed by atoms with van der Waals surface area (Å²) in [6, 6.07) is 57.6. The van der Waals surface area contributed by atoms with Gasteiger partial charge in [-0.2, -0.15) is 0 Å². The van der Waals surface area contributed by atoms with E-state index < -0.39 is 0 Å². The van der Waals surface area contributed by atoms with E-state index in [1.54, 1.807) is 0 Å². The van der Waals surface area contributed by atoms with Crippen LogP contribution in [-0.2, 0) is 5.41 Å². The molecule has 7 aromatic carbocycles.